The van der Waals surface area contributed by atoms with Crippen molar-refractivity contribution in [1.29, 1.82) is 0 Å². The van der Waals surface area contributed by atoms with Gasteiger partial charge in [-0.1, -0.05) is 24.3 Å². The van der Waals surface area contributed by atoms with E-state index in [4.69, 9.17) is 0 Å². The fourth-order valence-corrected chi connectivity index (χ4v) is 0.663. The Morgan fingerprint density at radius 1 is 0.714 bits per heavy atom. The average molecular weight is 93.1 g/mol. The third-order valence-electron chi connectivity index (χ3n) is 1.22. The SMILES string of the molecule is N.c1cc2ccc1-2. The van der Waals surface area contributed by atoms with E-state index in [9.17, 15) is 0 Å². The number of hydrogen-bond acceptors (Lipinski definition) is 1. The third kappa shape index (κ3) is 0.302. The monoisotopic (exact) mass is 93.1 g/mol. The van der Waals surface area contributed by atoms with Crippen molar-refractivity contribution in [3.05, 3.63) is 24.3 Å². The lowest BCUT2D eigenvalue weighted by Gasteiger charge is -2.10. The third-order valence-corrected chi connectivity index (χ3v) is 1.22. The summed E-state index contributed by atoms with van der Waals surface area (Å²) in [6.07, 6.45) is 0. The lowest BCUT2D eigenvalue weighted by molar-refractivity contribution is 1.55. The summed E-state index contributed by atoms with van der Waals surface area (Å²) >= 11 is 0. The standard InChI is InChI=1S/C6H4.H3N/c1-2-6-4-3-5(1)6;/h1-4H;1H3. The molecule has 2 aliphatic rings. The Morgan fingerprint density at radius 2 is 1.00 bits per heavy atom. The molecule has 0 aromatic heterocycles. The lowest BCUT2D eigenvalue weighted by Crippen LogP contribution is -1.85. The van der Waals surface area contributed by atoms with Gasteiger partial charge >= 0.3 is 0 Å². The van der Waals surface area contributed by atoms with Crippen LogP contribution in [0.15, 0.2) is 24.3 Å². The van der Waals surface area contributed by atoms with Gasteiger partial charge in [-0.3, -0.25) is 0 Å². The van der Waals surface area contributed by atoms with Gasteiger partial charge in [-0.2, -0.15) is 0 Å². The van der Waals surface area contributed by atoms with E-state index < -0.39 is 0 Å². The molecule has 0 fully saturated rings. The molecule has 0 heterocycles. The smallest absolute Gasteiger partial charge is 0.0184 e. The molecule has 0 aliphatic heterocycles. The lowest BCUT2D eigenvalue weighted by atomic mass is 9.95. The van der Waals surface area contributed by atoms with Crippen LogP contribution in [0.4, 0.5) is 0 Å². The summed E-state index contributed by atoms with van der Waals surface area (Å²) in [4.78, 5) is 0. The van der Waals surface area contributed by atoms with Crippen molar-refractivity contribution < 1.29 is 0 Å². The molecule has 36 valence electrons. The summed E-state index contributed by atoms with van der Waals surface area (Å²) in [7, 11) is 0. The first kappa shape index (κ1) is 4.34. The largest absolute Gasteiger partial charge is 0.344 e. The van der Waals surface area contributed by atoms with Gasteiger partial charge in [0.15, 0.2) is 0 Å². The van der Waals surface area contributed by atoms with Crippen molar-refractivity contribution in [1.82, 2.24) is 6.15 Å². The molecule has 0 bridgehead atoms. The Kier molecular flexibility index (Phi) is 0.666. The van der Waals surface area contributed by atoms with Crippen molar-refractivity contribution in [2.45, 2.75) is 0 Å². The van der Waals surface area contributed by atoms with Crippen LogP contribution >= 0.6 is 0 Å². The molecule has 2 rings (SSSR count). The van der Waals surface area contributed by atoms with Crippen molar-refractivity contribution in [2.24, 2.45) is 0 Å². The second-order valence-corrected chi connectivity index (χ2v) is 1.58. The first-order chi connectivity index (χ1) is 2.97. The van der Waals surface area contributed by atoms with Crippen LogP contribution in [0.1, 0.15) is 0 Å². The summed E-state index contributed by atoms with van der Waals surface area (Å²) in [5, 5.41) is 0. The summed E-state index contributed by atoms with van der Waals surface area (Å²) in [5.74, 6) is 0. The zero-order valence-electron chi connectivity index (χ0n) is 4.02. The molecule has 1 heteroatoms. The minimum absolute atomic E-state index is 0. The van der Waals surface area contributed by atoms with Crippen molar-refractivity contribution >= 4 is 0 Å². The van der Waals surface area contributed by atoms with Gasteiger partial charge in [-0.05, 0) is 11.1 Å². The molecule has 0 atom stereocenters. The fraction of sp³-hybridized carbons (Fsp3) is 0. The average Bonchev–Trinajstić information content (AvgIpc) is 1.54. The molecule has 7 heavy (non-hydrogen) atoms. The molecule has 0 amide bonds. The maximum absolute atomic E-state index is 2.12. The van der Waals surface area contributed by atoms with E-state index in [-0.39, 0.29) is 6.15 Å². The number of benzene rings is 1. The van der Waals surface area contributed by atoms with E-state index in [0.717, 1.165) is 0 Å². The van der Waals surface area contributed by atoms with Gasteiger partial charge in [0.2, 0.25) is 0 Å². The van der Waals surface area contributed by atoms with Gasteiger partial charge in [-0.25, -0.2) is 0 Å². The summed E-state index contributed by atoms with van der Waals surface area (Å²) < 4.78 is 0. The van der Waals surface area contributed by atoms with Crippen LogP contribution < -0.4 is 6.15 Å². The van der Waals surface area contributed by atoms with Crippen LogP contribution in [-0.4, -0.2) is 0 Å². The Balaban J connectivity index is 0.000000245. The van der Waals surface area contributed by atoms with E-state index in [1.54, 1.807) is 0 Å². The zero-order chi connectivity index (χ0) is 3.98. The van der Waals surface area contributed by atoms with Gasteiger partial charge in [0.05, 0.1) is 0 Å². The fourth-order valence-electron chi connectivity index (χ4n) is 0.663. The number of rotatable bonds is 0. The molecular weight excluding hydrogens is 86.1 g/mol. The van der Waals surface area contributed by atoms with E-state index in [0.29, 0.717) is 0 Å². The van der Waals surface area contributed by atoms with Crippen LogP contribution in [-0.2, 0) is 0 Å². The van der Waals surface area contributed by atoms with Crippen molar-refractivity contribution in [3.8, 4) is 11.1 Å². The molecule has 0 aromatic carbocycles. The zero-order valence-corrected chi connectivity index (χ0v) is 4.02. The highest BCUT2D eigenvalue weighted by Gasteiger charge is 2.03. The van der Waals surface area contributed by atoms with Gasteiger partial charge in [-0.15, -0.1) is 0 Å². The summed E-state index contributed by atoms with van der Waals surface area (Å²) in [5.41, 5.74) is 2.85. The van der Waals surface area contributed by atoms with Gasteiger partial charge < -0.3 is 6.15 Å². The van der Waals surface area contributed by atoms with E-state index in [1.807, 2.05) is 0 Å². The molecular formula is C6H7N. The highest BCUT2D eigenvalue weighted by atomic mass is 14.1. The van der Waals surface area contributed by atoms with E-state index >= 15 is 0 Å². The summed E-state index contributed by atoms with van der Waals surface area (Å²) in [6.45, 7) is 0. The topological polar surface area (TPSA) is 35.0 Å². The van der Waals surface area contributed by atoms with Crippen LogP contribution in [0.3, 0.4) is 0 Å². The highest BCUT2D eigenvalue weighted by molar-refractivity contribution is 5.75. The van der Waals surface area contributed by atoms with Crippen LogP contribution in [0, 0.1) is 0 Å². The summed E-state index contributed by atoms with van der Waals surface area (Å²) in [6, 6.07) is 8.48. The van der Waals surface area contributed by atoms with Gasteiger partial charge in [0.1, 0.15) is 0 Å². The maximum atomic E-state index is 2.12. The van der Waals surface area contributed by atoms with Crippen LogP contribution in [0.2, 0.25) is 0 Å². The molecule has 0 spiro atoms. The predicted octanol–water partition coefficient (Wildman–Crippen LogP) is 1.83. The number of fused-ring (bicyclic) bond motifs is 1. The van der Waals surface area contributed by atoms with Crippen molar-refractivity contribution in [2.75, 3.05) is 0 Å². The molecule has 1 nitrogen and oxygen atoms in total. The Bertz CT molecular complexity index is 143. The second kappa shape index (κ2) is 1.07. The molecule has 2 aliphatic carbocycles. The molecule has 0 unspecified atom stereocenters. The van der Waals surface area contributed by atoms with Crippen LogP contribution in [0.25, 0.3) is 11.1 Å². The molecule has 0 saturated heterocycles. The Labute approximate surface area is 42.6 Å². The molecule has 0 aromatic rings. The molecule has 0 saturated carbocycles. The first-order valence-corrected chi connectivity index (χ1v) is 2.07. The van der Waals surface area contributed by atoms with Crippen LogP contribution in [0.5, 0.6) is 0 Å². The maximum Gasteiger partial charge on any atom is -0.0184 e. The second-order valence-electron chi connectivity index (χ2n) is 1.58. The predicted molar refractivity (Wildman–Crippen MR) is 30.5 cm³/mol. The first-order valence-electron chi connectivity index (χ1n) is 2.07. The number of hydrogen-bond donors (Lipinski definition) is 1. The van der Waals surface area contributed by atoms with Gasteiger partial charge in [0, 0.05) is 0 Å². The van der Waals surface area contributed by atoms with E-state index in [1.165, 1.54) is 11.1 Å². The minimum atomic E-state index is 0. The normalized spacial score (nSPS) is 9.71. The molecule has 3 N–H and O–H groups in total. The quantitative estimate of drug-likeness (QED) is 0.529. The van der Waals surface area contributed by atoms with Gasteiger partial charge in [0.25, 0.3) is 0 Å². The Morgan fingerprint density at radius 3 is 1.00 bits per heavy atom. The van der Waals surface area contributed by atoms with Crippen molar-refractivity contribution in [3.63, 3.8) is 0 Å². The minimum Gasteiger partial charge on any atom is -0.344 e. The van der Waals surface area contributed by atoms with E-state index in [2.05, 4.69) is 24.3 Å². The highest BCUT2D eigenvalue weighted by Crippen LogP contribution is 2.29. The molecule has 0 radical (unpaired) electrons. The Hall–Kier alpha value is -0.820.